The molecule has 0 N–H and O–H groups in total. The van der Waals surface area contributed by atoms with Crippen LogP contribution in [0.25, 0.3) is 0 Å². The second kappa shape index (κ2) is 8.92. The molecule has 0 unspecified atom stereocenters. The van der Waals surface area contributed by atoms with Gasteiger partial charge in [0.25, 0.3) is 0 Å². The van der Waals surface area contributed by atoms with E-state index in [9.17, 15) is 9.59 Å². The minimum absolute atomic E-state index is 0.307. The molecule has 0 aliphatic carbocycles. The minimum atomic E-state index is -1.34. The zero-order chi connectivity index (χ0) is 18.1. The van der Waals surface area contributed by atoms with Gasteiger partial charge in [-0.3, -0.25) is 19.6 Å². The van der Waals surface area contributed by atoms with Gasteiger partial charge < -0.3 is 9.47 Å². The van der Waals surface area contributed by atoms with Gasteiger partial charge in [-0.2, -0.15) is 0 Å². The average molecular weight is 342 g/mol. The predicted octanol–water partition coefficient (Wildman–Crippen LogP) is 2.37. The molecular formula is C19H22N2O4. The summed E-state index contributed by atoms with van der Waals surface area (Å²) in [6.07, 6.45) is 8.44. The maximum absolute atomic E-state index is 12.5. The highest BCUT2D eigenvalue weighted by molar-refractivity contribution is 6.00. The van der Waals surface area contributed by atoms with Crippen molar-refractivity contribution < 1.29 is 19.1 Å². The van der Waals surface area contributed by atoms with Crippen molar-refractivity contribution in [3.63, 3.8) is 0 Å². The highest BCUT2D eigenvalue weighted by Crippen LogP contribution is 2.33. The SMILES string of the molecule is COC(=O)C(CCc1ccncc1)(CCc1ccncc1)C(=O)OC. The number of aryl methyl sites for hydroxylation is 2. The van der Waals surface area contributed by atoms with Gasteiger partial charge in [-0.05, 0) is 61.1 Å². The summed E-state index contributed by atoms with van der Waals surface area (Å²) in [5, 5.41) is 0. The van der Waals surface area contributed by atoms with E-state index < -0.39 is 17.4 Å². The molecule has 0 aliphatic rings. The number of rotatable bonds is 8. The Bertz CT molecular complexity index is 628. The molecule has 2 aromatic rings. The molecule has 2 rings (SSSR count). The van der Waals surface area contributed by atoms with Gasteiger partial charge in [0, 0.05) is 24.8 Å². The van der Waals surface area contributed by atoms with Crippen molar-refractivity contribution in [2.45, 2.75) is 25.7 Å². The molecule has 0 saturated carbocycles. The number of methoxy groups -OCH3 is 2. The van der Waals surface area contributed by atoms with Crippen LogP contribution < -0.4 is 0 Å². The second-order valence-electron chi connectivity index (χ2n) is 5.78. The summed E-state index contributed by atoms with van der Waals surface area (Å²) in [5.41, 5.74) is 0.656. The Morgan fingerprint density at radius 3 is 1.48 bits per heavy atom. The number of esters is 2. The van der Waals surface area contributed by atoms with Gasteiger partial charge in [-0.1, -0.05) is 0 Å². The topological polar surface area (TPSA) is 78.4 Å². The third-order valence-electron chi connectivity index (χ3n) is 4.33. The molecule has 2 aromatic heterocycles. The van der Waals surface area contributed by atoms with Crippen LogP contribution >= 0.6 is 0 Å². The van der Waals surface area contributed by atoms with Gasteiger partial charge >= 0.3 is 11.9 Å². The molecule has 2 heterocycles. The molecule has 0 aliphatic heterocycles. The number of nitrogens with zero attached hydrogens (tertiary/aromatic N) is 2. The summed E-state index contributed by atoms with van der Waals surface area (Å²) in [6.45, 7) is 0. The summed E-state index contributed by atoms with van der Waals surface area (Å²) in [4.78, 5) is 33.0. The van der Waals surface area contributed by atoms with Gasteiger partial charge in [0.05, 0.1) is 14.2 Å². The first-order chi connectivity index (χ1) is 12.1. The maximum Gasteiger partial charge on any atom is 0.323 e. The van der Waals surface area contributed by atoms with Crippen LogP contribution in [0, 0.1) is 5.41 Å². The molecule has 0 saturated heterocycles. The van der Waals surface area contributed by atoms with E-state index in [1.807, 2.05) is 24.3 Å². The van der Waals surface area contributed by atoms with E-state index in [0.717, 1.165) is 11.1 Å². The lowest BCUT2D eigenvalue weighted by Crippen LogP contribution is -2.42. The van der Waals surface area contributed by atoms with Crippen LogP contribution in [0.1, 0.15) is 24.0 Å². The maximum atomic E-state index is 12.5. The van der Waals surface area contributed by atoms with Crippen molar-refractivity contribution in [1.82, 2.24) is 9.97 Å². The van der Waals surface area contributed by atoms with Gasteiger partial charge in [-0.25, -0.2) is 0 Å². The standard InChI is InChI=1S/C19H22N2O4/c1-24-17(22)19(18(23)25-2,9-3-15-5-11-20-12-6-15)10-4-16-7-13-21-14-8-16/h5-8,11-14H,3-4,9-10H2,1-2H3. The number of hydrogen-bond acceptors (Lipinski definition) is 6. The first kappa shape index (κ1) is 18.6. The number of hydrogen-bond donors (Lipinski definition) is 0. The molecule has 6 nitrogen and oxygen atoms in total. The Morgan fingerprint density at radius 2 is 1.16 bits per heavy atom. The molecule has 0 amide bonds. The predicted molar refractivity (Wildman–Crippen MR) is 91.6 cm³/mol. The Balaban J connectivity index is 2.24. The van der Waals surface area contributed by atoms with Crippen LogP contribution in [-0.4, -0.2) is 36.1 Å². The van der Waals surface area contributed by atoms with Gasteiger partial charge in [-0.15, -0.1) is 0 Å². The summed E-state index contributed by atoms with van der Waals surface area (Å²) in [5.74, 6) is -1.13. The summed E-state index contributed by atoms with van der Waals surface area (Å²) in [7, 11) is 2.58. The molecule has 0 atom stereocenters. The van der Waals surface area contributed by atoms with Crippen LogP contribution in [0.4, 0.5) is 0 Å². The highest BCUT2D eigenvalue weighted by atomic mass is 16.5. The normalized spacial score (nSPS) is 11.0. The lowest BCUT2D eigenvalue weighted by molar-refractivity contribution is -0.170. The monoisotopic (exact) mass is 342 g/mol. The van der Waals surface area contributed by atoms with Crippen molar-refractivity contribution in [2.24, 2.45) is 5.41 Å². The molecule has 0 bridgehead atoms. The van der Waals surface area contributed by atoms with E-state index in [1.54, 1.807) is 24.8 Å². The van der Waals surface area contributed by atoms with Crippen LogP contribution in [0.2, 0.25) is 0 Å². The Morgan fingerprint density at radius 1 is 0.800 bits per heavy atom. The fourth-order valence-electron chi connectivity index (χ4n) is 2.82. The lowest BCUT2D eigenvalue weighted by atomic mass is 9.77. The molecule has 6 heteroatoms. The largest absolute Gasteiger partial charge is 0.468 e. The minimum Gasteiger partial charge on any atom is -0.468 e. The number of carbonyl (C=O) groups excluding carboxylic acids is 2. The molecule has 132 valence electrons. The lowest BCUT2D eigenvalue weighted by Gasteiger charge is -2.28. The third kappa shape index (κ3) is 4.62. The molecule has 0 radical (unpaired) electrons. The van der Waals surface area contributed by atoms with E-state index in [2.05, 4.69) is 9.97 Å². The summed E-state index contributed by atoms with van der Waals surface area (Å²) in [6, 6.07) is 7.45. The van der Waals surface area contributed by atoms with Gasteiger partial charge in [0.15, 0.2) is 5.41 Å². The van der Waals surface area contributed by atoms with E-state index in [1.165, 1.54) is 14.2 Å². The summed E-state index contributed by atoms with van der Waals surface area (Å²) >= 11 is 0. The van der Waals surface area contributed by atoms with Crippen molar-refractivity contribution >= 4 is 11.9 Å². The van der Waals surface area contributed by atoms with Crippen LogP contribution in [0.15, 0.2) is 49.1 Å². The molecule has 0 spiro atoms. The molecule has 25 heavy (non-hydrogen) atoms. The molecule has 0 aromatic carbocycles. The first-order valence-electron chi connectivity index (χ1n) is 8.07. The zero-order valence-corrected chi connectivity index (χ0v) is 14.5. The first-order valence-corrected chi connectivity index (χ1v) is 8.07. The van der Waals surface area contributed by atoms with Gasteiger partial charge in [0.2, 0.25) is 0 Å². The molecule has 0 fully saturated rings. The van der Waals surface area contributed by atoms with E-state index >= 15 is 0 Å². The van der Waals surface area contributed by atoms with Crippen molar-refractivity contribution in [3.8, 4) is 0 Å². The fourth-order valence-corrected chi connectivity index (χ4v) is 2.82. The number of ether oxygens (including phenoxy) is 2. The van der Waals surface area contributed by atoms with Crippen LogP contribution in [0.5, 0.6) is 0 Å². The fraction of sp³-hybridized carbons (Fsp3) is 0.368. The van der Waals surface area contributed by atoms with Crippen LogP contribution in [0.3, 0.4) is 0 Å². The van der Waals surface area contributed by atoms with E-state index in [-0.39, 0.29) is 0 Å². The summed E-state index contributed by atoms with van der Waals surface area (Å²) < 4.78 is 9.90. The number of pyridine rings is 2. The van der Waals surface area contributed by atoms with E-state index in [4.69, 9.17) is 9.47 Å². The van der Waals surface area contributed by atoms with Gasteiger partial charge in [0.1, 0.15) is 0 Å². The average Bonchev–Trinajstić information content (AvgIpc) is 2.68. The smallest absolute Gasteiger partial charge is 0.323 e. The molecular weight excluding hydrogens is 320 g/mol. The van der Waals surface area contributed by atoms with Crippen molar-refractivity contribution in [3.05, 3.63) is 60.2 Å². The zero-order valence-electron chi connectivity index (χ0n) is 14.5. The number of aromatic nitrogens is 2. The van der Waals surface area contributed by atoms with E-state index in [0.29, 0.717) is 25.7 Å². The van der Waals surface area contributed by atoms with Crippen LogP contribution in [-0.2, 0) is 31.9 Å². The highest BCUT2D eigenvalue weighted by Gasteiger charge is 2.47. The second-order valence-corrected chi connectivity index (χ2v) is 5.78. The number of carbonyl (C=O) groups is 2. The third-order valence-corrected chi connectivity index (χ3v) is 4.33. The Labute approximate surface area is 147 Å². The quantitative estimate of drug-likeness (QED) is 0.541. The Hall–Kier alpha value is -2.76. The van der Waals surface area contributed by atoms with Crippen molar-refractivity contribution in [2.75, 3.05) is 14.2 Å². The Kier molecular flexibility index (Phi) is 6.62. The van der Waals surface area contributed by atoms with Crippen molar-refractivity contribution in [1.29, 1.82) is 0 Å².